The minimum Gasteiger partial charge on any atom is -0.457 e. The van der Waals surface area contributed by atoms with Gasteiger partial charge in [-0.15, -0.1) is 0 Å². The van der Waals surface area contributed by atoms with Crippen LogP contribution in [0.15, 0.2) is 78.9 Å². The minimum absolute atomic E-state index is 0.00691. The number of nitrogens with zero attached hydrogens (tertiary/aromatic N) is 1. The van der Waals surface area contributed by atoms with Crippen LogP contribution in [0.2, 0.25) is 0 Å². The summed E-state index contributed by atoms with van der Waals surface area (Å²) >= 11 is 0. The van der Waals surface area contributed by atoms with Crippen LogP contribution in [0, 0.1) is 0 Å². The second-order valence-corrected chi connectivity index (χ2v) is 7.80. The molecule has 0 aliphatic rings. The van der Waals surface area contributed by atoms with E-state index in [0.29, 0.717) is 17.3 Å². The van der Waals surface area contributed by atoms with E-state index in [2.05, 4.69) is 10.3 Å². The molecule has 1 unspecified atom stereocenters. The summed E-state index contributed by atoms with van der Waals surface area (Å²) < 4.78 is 11.3. The number of nitrogens with one attached hydrogen (secondary N) is 1. The summed E-state index contributed by atoms with van der Waals surface area (Å²) in [7, 11) is 0. The van der Waals surface area contributed by atoms with E-state index in [4.69, 9.17) is 15.2 Å². The number of carbonyl (C=O) groups excluding carboxylic acids is 1. The summed E-state index contributed by atoms with van der Waals surface area (Å²) in [5, 5.41) is 3.23. The van der Waals surface area contributed by atoms with Crippen LogP contribution >= 0.6 is 0 Å². The quantitative estimate of drug-likeness (QED) is 0.536. The first-order valence-electron chi connectivity index (χ1n) is 9.76. The number of benzene rings is 2. The van der Waals surface area contributed by atoms with Gasteiger partial charge < -0.3 is 20.5 Å². The lowest BCUT2D eigenvalue weighted by molar-refractivity contribution is -0.152. The summed E-state index contributed by atoms with van der Waals surface area (Å²) in [4.78, 5) is 17.5. The zero-order valence-corrected chi connectivity index (χ0v) is 17.5. The summed E-state index contributed by atoms with van der Waals surface area (Å²) in [6.07, 6.45) is 0. The Morgan fingerprint density at radius 2 is 1.57 bits per heavy atom. The van der Waals surface area contributed by atoms with Gasteiger partial charge >= 0.3 is 5.97 Å². The number of hydrogen-bond donors (Lipinski definition) is 2. The molecule has 6 nitrogen and oxygen atoms in total. The largest absolute Gasteiger partial charge is 0.457 e. The summed E-state index contributed by atoms with van der Waals surface area (Å²) in [6, 6.07) is 24.2. The van der Waals surface area contributed by atoms with Crippen LogP contribution in [0.25, 0.3) is 0 Å². The number of aromatic nitrogens is 1. The molecule has 0 aliphatic heterocycles. The normalized spacial score (nSPS) is 13.2. The Hall–Kier alpha value is -3.38. The van der Waals surface area contributed by atoms with E-state index in [1.54, 1.807) is 32.9 Å². The summed E-state index contributed by atoms with van der Waals surface area (Å²) in [6.45, 7) is 5.32. The monoisotopic (exact) mass is 405 g/mol. The van der Waals surface area contributed by atoms with E-state index in [9.17, 15) is 4.79 Å². The maximum Gasteiger partial charge on any atom is 0.333 e. The molecule has 0 saturated carbocycles. The van der Waals surface area contributed by atoms with E-state index in [1.807, 2.05) is 66.7 Å². The van der Waals surface area contributed by atoms with Crippen molar-refractivity contribution in [2.24, 2.45) is 5.73 Å². The van der Waals surface area contributed by atoms with Crippen molar-refractivity contribution in [3.05, 3.63) is 84.6 Å². The van der Waals surface area contributed by atoms with Crippen LogP contribution in [0.1, 0.15) is 26.5 Å². The first-order valence-corrected chi connectivity index (χ1v) is 9.76. The number of anilines is 1. The topological polar surface area (TPSA) is 86.5 Å². The van der Waals surface area contributed by atoms with Gasteiger partial charge in [0.1, 0.15) is 12.4 Å². The Morgan fingerprint density at radius 1 is 0.933 bits per heavy atom. The molecule has 0 aliphatic carbocycles. The predicted octanol–water partition coefficient (Wildman–Crippen LogP) is 4.53. The van der Waals surface area contributed by atoms with E-state index in [-0.39, 0.29) is 6.61 Å². The van der Waals surface area contributed by atoms with Crippen molar-refractivity contribution >= 4 is 11.7 Å². The lowest BCUT2D eigenvalue weighted by atomic mass is 9.81. The highest BCUT2D eigenvalue weighted by atomic mass is 16.5. The molecule has 3 rings (SSSR count). The zero-order chi connectivity index (χ0) is 21.6. The lowest BCUT2D eigenvalue weighted by Crippen LogP contribution is -2.64. The number of para-hydroxylation sites is 2. The van der Waals surface area contributed by atoms with Crippen molar-refractivity contribution in [1.29, 1.82) is 0 Å². The lowest BCUT2D eigenvalue weighted by Gasteiger charge is -2.40. The number of pyridine rings is 1. The molecule has 6 heteroatoms. The van der Waals surface area contributed by atoms with Crippen LogP contribution in [0.3, 0.4) is 0 Å². The summed E-state index contributed by atoms with van der Waals surface area (Å²) in [5.41, 5.74) is 5.67. The van der Waals surface area contributed by atoms with Crippen LogP contribution in [0.5, 0.6) is 11.6 Å². The molecular weight excluding hydrogens is 378 g/mol. The zero-order valence-electron chi connectivity index (χ0n) is 17.5. The van der Waals surface area contributed by atoms with Crippen LogP contribution in [-0.4, -0.2) is 22.0 Å². The number of carbonyl (C=O) groups is 1. The van der Waals surface area contributed by atoms with Crippen molar-refractivity contribution in [3.8, 4) is 11.6 Å². The number of ether oxygens (including phenoxy) is 2. The molecule has 1 atom stereocenters. The van der Waals surface area contributed by atoms with Gasteiger partial charge in [0.2, 0.25) is 5.88 Å². The Balaban J connectivity index is 1.70. The third-order valence-electron chi connectivity index (χ3n) is 4.96. The highest BCUT2D eigenvalue weighted by Gasteiger charge is 2.46. The van der Waals surface area contributed by atoms with Crippen LogP contribution in [-0.2, 0) is 16.1 Å². The maximum atomic E-state index is 13.0. The molecule has 0 fully saturated rings. The van der Waals surface area contributed by atoms with Crippen molar-refractivity contribution in [3.63, 3.8) is 0 Å². The molecule has 0 spiro atoms. The first kappa shape index (κ1) is 21.3. The molecule has 156 valence electrons. The number of esters is 1. The van der Waals surface area contributed by atoms with Crippen molar-refractivity contribution in [2.45, 2.75) is 38.5 Å². The predicted molar refractivity (Wildman–Crippen MR) is 117 cm³/mol. The van der Waals surface area contributed by atoms with Gasteiger partial charge in [0.15, 0.2) is 5.54 Å². The molecule has 0 bridgehead atoms. The first-order chi connectivity index (χ1) is 14.3. The maximum absolute atomic E-state index is 13.0. The standard InChI is InChI=1S/C24H27N3O3/c1-23(2,25)24(3,27-18-11-6-4-7-12-18)22(28)29-17-19-13-10-16-21(26-19)30-20-14-8-5-9-15-20/h4-16,27H,17,25H2,1-3H3. The van der Waals surface area contributed by atoms with Crippen molar-refractivity contribution in [2.75, 3.05) is 5.32 Å². The highest BCUT2D eigenvalue weighted by Crippen LogP contribution is 2.27. The Labute approximate surface area is 177 Å². The average molecular weight is 405 g/mol. The van der Waals surface area contributed by atoms with Gasteiger partial charge in [-0.05, 0) is 51.1 Å². The molecule has 0 amide bonds. The van der Waals surface area contributed by atoms with Gasteiger partial charge in [-0.1, -0.05) is 42.5 Å². The third-order valence-corrected chi connectivity index (χ3v) is 4.96. The second kappa shape index (κ2) is 8.97. The Morgan fingerprint density at radius 3 is 2.20 bits per heavy atom. The smallest absolute Gasteiger partial charge is 0.333 e. The van der Waals surface area contributed by atoms with Gasteiger partial charge in [-0.3, -0.25) is 0 Å². The van der Waals surface area contributed by atoms with E-state index >= 15 is 0 Å². The molecule has 1 heterocycles. The second-order valence-electron chi connectivity index (χ2n) is 7.80. The number of nitrogens with two attached hydrogens (primary N) is 1. The van der Waals surface area contributed by atoms with Crippen LogP contribution < -0.4 is 15.8 Å². The Bertz CT molecular complexity index is 972. The van der Waals surface area contributed by atoms with Gasteiger partial charge in [-0.2, -0.15) is 0 Å². The van der Waals surface area contributed by atoms with Crippen LogP contribution in [0.4, 0.5) is 5.69 Å². The molecule has 1 aromatic heterocycles. The number of rotatable bonds is 8. The average Bonchev–Trinajstić information content (AvgIpc) is 2.73. The molecule has 0 radical (unpaired) electrons. The van der Waals surface area contributed by atoms with Gasteiger partial charge in [0, 0.05) is 17.3 Å². The Kier molecular flexibility index (Phi) is 6.37. The molecular formula is C24H27N3O3. The van der Waals surface area contributed by atoms with E-state index in [0.717, 1.165) is 5.69 Å². The van der Waals surface area contributed by atoms with Gasteiger partial charge in [0.05, 0.1) is 5.69 Å². The summed E-state index contributed by atoms with van der Waals surface area (Å²) in [5.74, 6) is 0.651. The molecule has 2 aromatic carbocycles. The van der Waals surface area contributed by atoms with Crippen molar-refractivity contribution in [1.82, 2.24) is 4.98 Å². The molecule has 3 aromatic rings. The highest BCUT2D eigenvalue weighted by molar-refractivity contribution is 5.86. The van der Waals surface area contributed by atoms with Gasteiger partial charge in [-0.25, -0.2) is 9.78 Å². The molecule has 30 heavy (non-hydrogen) atoms. The fraction of sp³-hybridized carbons (Fsp3) is 0.250. The molecule has 3 N–H and O–H groups in total. The van der Waals surface area contributed by atoms with Crippen molar-refractivity contribution < 1.29 is 14.3 Å². The van der Waals surface area contributed by atoms with E-state index < -0.39 is 17.0 Å². The minimum atomic E-state index is -1.15. The fourth-order valence-corrected chi connectivity index (χ4v) is 2.77. The van der Waals surface area contributed by atoms with Gasteiger partial charge in [0.25, 0.3) is 0 Å². The molecule has 0 saturated heterocycles. The number of hydrogen-bond acceptors (Lipinski definition) is 6. The SMILES string of the molecule is CC(C)(N)C(C)(Nc1ccccc1)C(=O)OCc1cccc(Oc2ccccc2)n1. The van der Waals surface area contributed by atoms with E-state index in [1.165, 1.54) is 0 Å². The third kappa shape index (κ3) is 5.15. The fourth-order valence-electron chi connectivity index (χ4n) is 2.77.